The van der Waals surface area contributed by atoms with E-state index in [1.807, 2.05) is 0 Å². The van der Waals surface area contributed by atoms with Crippen LogP contribution in [0.2, 0.25) is 0 Å². The van der Waals surface area contributed by atoms with Gasteiger partial charge in [-0.25, -0.2) is 0 Å². The number of thioether (sulfide) groups is 1. The van der Waals surface area contributed by atoms with Gasteiger partial charge in [0.25, 0.3) is 5.69 Å². The first kappa shape index (κ1) is 19.2. The largest absolute Gasteiger partial charge is 0.495 e. The molecule has 0 spiro atoms. The summed E-state index contributed by atoms with van der Waals surface area (Å²) in [6, 6.07) is 4.18. The monoisotopic (exact) mass is 392 g/mol. The molecule has 10 heteroatoms. The summed E-state index contributed by atoms with van der Waals surface area (Å²) < 4.78 is 5.12. The van der Waals surface area contributed by atoms with E-state index < -0.39 is 16.1 Å². The molecular weight excluding hydrogens is 372 g/mol. The highest BCUT2D eigenvalue weighted by molar-refractivity contribution is 8.15. The Morgan fingerprint density at radius 2 is 2.19 bits per heavy atom. The molecule has 2 amide bonds. The van der Waals surface area contributed by atoms with Crippen LogP contribution in [0.5, 0.6) is 5.75 Å². The van der Waals surface area contributed by atoms with E-state index in [-0.39, 0.29) is 29.7 Å². The maximum absolute atomic E-state index is 12.3. The fourth-order valence-corrected chi connectivity index (χ4v) is 4.12. The van der Waals surface area contributed by atoms with Crippen molar-refractivity contribution in [3.8, 4) is 5.75 Å². The third-order valence-corrected chi connectivity index (χ3v) is 5.54. The molecule has 3 rings (SSSR count). The van der Waals surface area contributed by atoms with Crippen LogP contribution >= 0.6 is 11.8 Å². The van der Waals surface area contributed by atoms with Crippen molar-refractivity contribution in [3.05, 3.63) is 28.3 Å². The first-order valence-corrected chi connectivity index (χ1v) is 9.52. The highest BCUT2D eigenvalue weighted by Gasteiger charge is 2.33. The number of carbonyl (C=O) groups is 2. The van der Waals surface area contributed by atoms with Crippen LogP contribution < -0.4 is 15.4 Å². The summed E-state index contributed by atoms with van der Waals surface area (Å²) in [7, 11) is 1.41. The summed E-state index contributed by atoms with van der Waals surface area (Å²) >= 11 is 1.25. The Morgan fingerprint density at radius 3 is 2.85 bits per heavy atom. The van der Waals surface area contributed by atoms with Gasteiger partial charge in [0.15, 0.2) is 5.17 Å². The Morgan fingerprint density at radius 1 is 1.44 bits per heavy atom. The van der Waals surface area contributed by atoms with Gasteiger partial charge in [0.05, 0.1) is 23.8 Å². The zero-order valence-electron chi connectivity index (χ0n) is 14.8. The third-order valence-electron chi connectivity index (χ3n) is 4.44. The van der Waals surface area contributed by atoms with Gasteiger partial charge in [-0.3, -0.25) is 24.7 Å². The van der Waals surface area contributed by atoms with E-state index in [2.05, 4.69) is 15.6 Å². The number of nitro groups is 1. The van der Waals surface area contributed by atoms with Crippen molar-refractivity contribution in [2.45, 2.75) is 43.4 Å². The van der Waals surface area contributed by atoms with Gasteiger partial charge in [0.1, 0.15) is 11.0 Å². The average molecular weight is 392 g/mol. The van der Waals surface area contributed by atoms with Gasteiger partial charge >= 0.3 is 0 Å². The molecule has 1 aromatic carbocycles. The summed E-state index contributed by atoms with van der Waals surface area (Å²) in [4.78, 5) is 39.4. The van der Waals surface area contributed by atoms with Gasteiger partial charge in [-0.1, -0.05) is 24.6 Å². The topological polar surface area (TPSA) is 123 Å². The van der Waals surface area contributed by atoms with Gasteiger partial charge in [0.2, 0.25) is 11.8 Å². The molecule has 2 fully saturated rings. The van der Waals surface area contributed by atoms with Crippen LogP contribution in [-0.2, 0) is 9.59 Å². The number of benzene rings is 1. The number of ether oxygens (including phenoxy) is 1. The van der Waals surface area contributed by atoms with Crippen molar-refractivity contribution in [1.29, 1.82) is 0 Å². The standard InChI is InChI=1S/C17H20N4O5S/c1-26-13-7-6-11(21(24)25)8-12(13)19-15(22)9-14-16(23)20-17(27-14)18-10-4-2-3-5-10/h6-8,10,14H,2-5,9H2,1H3,(H,19,22)(H,18,20,23). The average Bonchev–Trinajstić information content (AvgIpc) is 3.25. The fourth-order valence-electron chi connectivity index (χ4n) is 3.08. The van der Waals surface area contributed by atoms with E-state index in [4.69, 9.17) is 4.74 Å². The van der Waals surface area contributed by atoms with E-state index in [9.17, 15) is 19.7 Å². The second kappa shape index (κ2) is 8.38. The number of anilines is 1. The lowest BCUT2D eigenvalue weighted by molar-refractivity contribution is -0.384. The van der Waals surface area contributed by atoms with Crippen LogP contribution in [0.1, 0.15) is 32.1 Å². The number of amidine groups is 1. The number of rotatable bonds is 6. The SMILES string of the molecule is COc1ccc([N+](=O)[O-])cc1NC(=O)CC1SC(=NC2CCCC2)NC1=O. The molecule has 27 heavy (non-hydrogen) atoms. The molecule has 144 valence electrons. The number of hydrogen-bond acceptors (Lipinski definition) is 7. The predicted molar refractivity (Wildman–Crippen MR) is 102 cm³/mol. The summed E-state index contributed by atoms with van der Waals surface area (Å²) in [5.41, 5.74) is 0.0324. The van der Waals surface area contributed by atoms with Gasteiger partial charge in [-0.2, -0.15) is 0 Å². The number of nitro benzene ring substituents is 1. The molecule has 2 N–H and O–H groups in total. The Balaban J connectivity index is 1.63. The van der Waals surface area contributed by atoms with Crippen LogP contribution in [0.25, 0.3) is 0 Å². The number of non-ortho nitro benzene ring substituents is 1. The molecule has 1 saturated heterocycles. The molecule has 9 nitrogen and oxygen atoms in total. The second-order valence-corrected chi connectivity index (χ2v) is 7.55. The number of hydrogen-bond donors (Lipinski definition) is 2. The lowest BCUT2D eigenvalue weighted by Crippen LogP contribution is -2.28. The van der Waals surface area contributed by atoms with E-state index in [0.717, 1.165) is 25.7 Å². The summed E-state index contributed by atoms with van der Waals surface area (Å²) in [6.07, 6.45) is 4.29. The smallest absolute Gasteiger partial charge is 0.271 e. The summed E-state index contributed by atoms with van der Waals surface area (Å²) in [6.45, 7) is 0. The van der Waals surface area contributed by atoms with E-state index in [0.29, 0.717) is 10.9 Å². The first-order valence-electron chi connectivity index (χ1n) is 8.64. The number of methoxy groups -OCH3 is 1. The van der Waals surface area contributed by atoms with Crippen molar-refractivity contribution in [2.24, 2.45) is 4.99 Å². The molecule has 1 atom stereocenters. The summed E-state index contributed by atoms with van der Waals surface area (Å²) in [5.74, 6) is -0.373. The van der Waals surface area contributed by atoms with Crippen LogP contribution in [0.15, 0.2) is 23.2 Å². The number of amides is 2. The second-order valence-electron chi connectivity index (χ2n) is 6.36. The molecular formula is C17H20N4O5S. The normalized spacial score (nSPS) is 21.3. The Kier molecular flexibility index (Phi) is 5.94. The highest BCUT2D eigenvalue weighted by Crippen LogP contribution is 2.30. The van der Waals surface area contributed by atoms with Crippen LogP contribution in [0.4, 0.5) is 11.4 Å². The Labute approximate surface area is 160 Å². The third kappa shape index (κ3) is 4.76. The highest BCUT2D eigenvalue weighted by atomic mass is 32.2. The molecule has 2 aliphatic rings. The van der Waals surface area contributed by atoms with Crippen LogP contribution in [0.3, 0.4) is 0 Å². The van der Waals surface area contributed by atoms with Crippen molar-refractivity contribution in [2.75, 3.05) is 12.4 Å². The van der Waals surface area contributed by atoms with Gasteiger partial charge in [-0.05, 0) is 18.9 Å². The van der Waals surface area contributed by atoms with Crippen molar-refractivity contribution in [1.82, 2.24) is 5.32 Å². The maximum atomic E-state index is 12.3. The molecule has 0 bridgehead atoms. The fraction of sp³-hybridized carbons (Fsp3) is 0.471. The number of aliphatic imine (C=N–C) groups is 1. The van der Waals surface area contributed by atoms with Crippen molar-refractivity contribution >= 4 is 40.1 Å². The summed E-state index contributed by atoms with van der Waals surface area (Å²) in [5, 5.41) is 16.2. The van der Waals surface area contributed by atoms with Gasteiger partial charge in [0, 0.05) is 18.6 Å². The molecule has 0 radical (unpaired) electrons. The Hall–Kier alpha value is -2.62. The molecule has 1 aliphatic heterocycles. The zero-order valence-corrected chi connectivity index (χ0v) is 15.6. The minimum Gasteiger partial charge on any atom is -0.495 e. The Bertz CT molecular complexity index is 792. The first-order chi connectivity index (χ1) is 13.0. The van der Waals surface area contributed by atoms with E-state index in [1.165, 1.54) is 37.1 Å². The number of carbonyl (C=O) groups excluding carboxylic acids is 2. The molecule has 1 aliphatic carbocycles. The number of nitrogens with zero attached hydrogens (tertiary/aromatic N) is 2. The van der Waals surface area contributed by atoms with Crippen LogP contribution in [-0.4, -0.2) is 40.3 Å². The minimum atomic E-state index is -0.574. The van der Waals surface area contributed by atoms with Gasteiger partial charge < -0.3 is 15.4 Å². The molecule has 1 aromatic rings. The predicted octanol–water partition coefficient (Wildman–Crippen LogP) is 2.46. The van der Waals surface area contributed by atoms with Crippen molar-refractivity contribution in [3.63, 3.8) is 0 Å². The minimum absolute atomic E-state index is 0.0635. The molecule has 1 saturated carbocycles. The molecule has 0 aromatic heterocycles. The van der Waals surface area contributed by atoms with E-state index >= 15 is 0 Å². The lowest BCUT2D eigenvalue weighted by atomic mass is 10.2. The quantitative estimate of drug-likeness (QED) is 0.566. The zero-order chi connectivity index (χ0) is 19.4. The maximum Gasteiger partial charge on any atom is 0.271 e. The number of nitrogens with one attached hydrogen (secondary N) is 2. The molecule has 1 unspecified atom stereocenters. The van der Waals surface area contributed by atoms with Crippen molar-refractivity contribution < 1.29 is 19.2 Å². The van der Waals surface area contributed by atoms with Crippen LogP contribution in [0, 0.1) is 10.1 Å². The molecule has 1 heterocycles. The van der Waals surface area contributed by atoms with Gasteiger partial charge in [-0.15, -0.1) is 0 Å². The lowest BCUT2D eigenvalue weighted by Gasteiger charge is -2.11. The van der Waals surface area contributed by atoms with E-state index in [1.54, 1.807) is 0 Å².